The molecular formula is C11H12N4O. The molecule has 1 heterocycles. The number of hydrogen-bond acceptors (Lipinski definition) is 3. The summed E-state index contributed by atoms with van der Waals surface area (Å²) in [4.78, 5) is 11.5. The number of carbonyl (C=O) groups excluding carboxylic acids is 1. The summed E-state index contributed by atoms with van der Waals surface area (Å²) in [5.74, 6) is -0.172. The summed E-state index contributed by atoms with van der Waals surface area (Å²) in [5, 5.41) is 9.08. The van der Waals surface area contributed by atoms with Crippen molar-refractivity contribution in [3.63, 3.8) is 0 Å². The molecule has 0 aliphatic heterocycles. The fraction of sp³-hybridized carbons (Fsp3) is 0.0909. The minimum Gasteiger partial charge on any atom is -0.399 e. The maximum Gasteiger partial charge on any atom is 0.269 e. The molecule has 0 unspecified atom stereocenters. The van der Waals surface area contributed by atoms with Crippen LogP contribution in [0.15, 0.2) is 36.5 Å². The standard InChI is InChI=1S/C11H12N4O/c12-9-3-1-8(2-4-9)7-13-11(16)10-5-6-14-15-10/h1-6H,7,12H2,(H,13,16)(H,14,15). The zero-order valence-corrected chi connectivity index (χ0v) is 8.60. The lowest BCUT2D eigenvalue weighted by Crippen LogP contribution is -2.23. The van der Waals surface area contributed by atoms with Crippen LogP contribution in [0, 0.1) is 0 Å². The molecule has 1 aromatic carbocycles. The van der Waals surface area contributed by atoms with E-state index < -0.39 is 0 Å². The number of nitrogens with one attached hydrogen (secondary N) is 2. The summed E-state index contributed by atoms with van der Waals surface area (Å²) >= 11 is 0. The monoisotopic (exact) mass is 216 g/mol. The van der Waals surface area contributed by atoms with E-state index in [0.717, 1.165) is 5.56 Å². The topological polar surface area (TPSA) is 83.8 Å². The molecule has 1 amide bonds. The smallest absolute Gasteiger partial charge is 0.269 e. The Morgan fingerprint density at radius 1 is 1.31 bits per heavy atom. The quantitative estimate of drug-likeness (QED) is 0.667. The van der Waals surface area contributed by atoms with E-state index in [1.807, 2.05) is 12.1 Å². The van der Waals surface area contributed by atoms with Crippen LogP contribution in [-0.4, -0.2) is 16.1 Å². The summed E-state index contributed by atoms with van der Waals surface area (Å²) in [6, 6.07) is 8.98. The van der Waals surface area contributed by atoms with Crippen molar-refractivity contribution in [2.75, 3.05) is 5.73 Å². The first kappa shape index (κ1) is 10.2. The lowest BCUT2D eigenvalue weighted by atomic mass is 10.2. The SMILES string of the molecule is Nc1ccc(CNC(=O)c2ccn[nH]2)cc1. The Kier molecular flexibility index (Phi) is 2.86. The molecule has 0 bridgehead atoms. The summed E-state index contributed by atoms with van der Waals surface area (Å²) in [6.45, 7) is 0.470. The molecule has 0 aliphatic rings. The Bertz CT molecular complexity index is 461. The van der Waals surface area contributed by atoms with Crippen molar-refractivity contribution in [1.29, 1.82) is 0 Å². The fourth-order valence-electron chi connectivity index (χ4n) is 1.30. The minimum atomic E-state index is -0.172. The number of H-pyrrole nitrogens is 1. The van der Waals surface area contributed by atoms with Crippen LogP contribution in [0.5, 0.6) is 0 Å². The first-order valence-corrected chi connectivity index (χ1v) is 4.88. The highest BCUT2D eigenvalue weighted by Crippen LogP contribution is 2.05. The molecule has 0 fully saturated rings. The summed E-state index contributed by atoms with van der Waals surface area (Å²) < 4.78 is 0. The van der Waals surface area contributed by atoms with Crippen molar-refractivity contribution in [3.8, 4) is 0 Å². The number of anilines is 1. The highest BCUT2D eigenvalue weighted by Gasteiger charge is 2.05. The summed E-state index contributed by atoms with van der Waals surface area (Å²) in [7, 11) is 0. The van der Waals surface area contributed by atoms with Crippen LogP contribution in [-0.2, 0) is 6.54 Å². The minimum absolute atomic E-state index is 0.172. The first-order chi connectivity index (χ1) is 7.75. The molecule has 1 aromatic heterocycles. The van der Waals surface area contributed by atoms with E-state index >= 15 is 0 Å². The van der Waals surface area contributed by atoms with E-state index in [0.29, 0.717) is 17.9 Å². The molecule has 16 heavy (non-hydrogen) atoms. The van der Waals surface area contributed by atoms with Gasteiger partial charge in [0.15, 0.2) is 0 Å². The Morgan fingerprint density at radius 2 is 2.06 bits per heavy atom. The molecule has 4 N–H and O–H groups in total. The number of nitrogens with zero attached hydrogens (tertiary/aromatic N) is 1. The average molecular weight is 216 g/mol. The van der Waals surface area contributed by atoms with Gasteiger partial charge in [-0.2, -0.15) is 5.10 Å². The number of nitrogens with two attached hydrogens (primary N) is 1. The van der Waals surface area contributed by atoms with Crippen LogP contribution in [0.1, 0.15) is 16.1 Å². The molecule has 0 spiro atoms. The molecule has 0 saturated heterocycles. The zero-order chi connectivity index (χ0) is 11.4. The van der Waals surface area contributed by atoms with Crippen LogP contribution in [0.2, 0.25) is 0 Å². The van der Waals surface area contributed by atoms with Gasteiger partial charge in [-0.05, 0) is 23.8 Å². The molecule has 0 aliphatic carbocycles. The van der Waals surface area contributed by atoms with Gasteiger partial charge in [0.1, 0.15) is 5.69 Å². The second kappa shape index (κ2) is 4.48. The van der Waals surface area contributed by atoms with E-state index in [-0.39, 0.29) is 5.91 Å². The van der Waals surface area contributed by atoms with Gasteiger partial charge >= 0.3 is 0 Å². The molecule has 2 aromatic rings. The maximum atomic E-state index is 11.5. The predicted molar refractivity (Wildman–Crippen MR) is 60.6 cm³/mol. The third kappa shape index (κ3) is 2.38. The van der Waals surface area contributed by atoms with Gasteiger partial charge in [-0.15, -0.1) is 0 Å². The van der Waals surface area contributed by atoms with Gasteiger partial charge in [0.2, 0.25) is 0 Å². The zero-order valence-electron chi connectivity index (χ0n) is 8.60. The van der Waals surface area contributed by atoms with Crippen LogP contribution < -0.4 is 11.1 Å². The number of amides is 1. The number of carbonyl (C=O) groups is 1. The average Bonchev–Trinajstić information content (AvgIpc) is 2.81. The fourth-order valence-corrected chi connectivity index (χ4v) is 1.30. The van der Waals surface area contributed by atoms with Gasteiger partial charge in [-0.3, -0.25) is 9.89 Å². The number of benzene rings is 1. The maximum absolute atomic E-state index is 11.5. The van der Waals surface area contributed by atoms with Crippen LogP contribution in [0.25, 0.3) is 0 Å². The highest BCUT2D eigenvalue weighted by molar-refractivity contribution is 5.91. The van der Waals surface area contributed by atoms with Crippen molar-refractivity contribution in [2.24, 2.45) is 0 Å². The largest absolute Gasteiger partial charge is 0.399 e. The molecule has 5 nitrogen and oxygen atoms in total. The van der Waals surface area contributed by atoms with E-state index in [1.54, 1.807) is 18.2 Å². The highest BCUT2D eigenvalue weighted by atomic mass is 16.1. The van der Waals surface area contributed by atoms with Crippen LogP contribution in [0.3, 0.4) is 0 Å². The van der Waals surface area contributed by atoms with Gasteiger partial charge in [0.25, 0.3) is 5.91 Å². The van der Waals surface area contributed by atoms with Crippen LogP contribution in [0.4, 0.5) is 5.69 Å². The second-order valence-electron chi connectivity index (χ2n) is 3.39. The predicted octanol–water partition coefficient (Wildman–Crippen LogP) is 0.922. The lowest BCUT2D eigenvalue weighted by Gasteiger charge is -2.03. The van der Waals surface area contributed by atoms with Crippen LogP contribution >= 0.6 is 0 Å². The Hall–Kier alpha value is -2.30. The van der Waals surface area contributed by atoms with Gasteiger partial charge in [-0.1, -0.05) is 12.1 Å². The van der Waals surface area contributed by atoms with Crippen molar-refractivity contribution in [2.45, 2.75) is 6.54 Å². The number of aromatic nitrogens is 2. The van der Waals surface area contributed by atoms with Gasteiger partial charge in [-0.25, -0.2) is 0 Å². The van der Waals surface area contributed by atoms with E-state index in [4.69, 9.17) is 5.73 Å². The number of hydrogen-bond donors (Lipinski definition) is 3. The number of aromatic amines is 1. The molecule has 0 saturated carbocycles. The number of rotatable bonds is 3. The summed E-state index contributed by atoms with van der Waals surface area (Å²) in [5.41, 5.74) is 7.73. The van der Waals surface area contributed by atoms with Gasteiger partial charge in [0.05, 0.1) is 0 Å². The molecule has 0 atom stereocenters. The lowest BCUT2D eigenvalue weighted by molar-refractivity contribution is 0.0946. The van der Waals surface area contributed by atoms with Gasteiger partial charge in [0, 0.05) is 18.4 Å². The van der Waals surface area contributed by atoms with E-state index in [1.165, 1.54) is 6.20 Å². The van der Waals surface area contributed by atoms with Gasteiger partial charge < -0.3 is 11.1 Å². The van der Waals surface area contributed by atoms with Crippen molar-refractivity contribution in [1.82, 2.24) is 15.5 Å². The van der Waals surface area contributed by atoms with Crippen molar-refractivity contribution >= 4 is 11.6 Å². The molecule has 82 valence electrons. The molecule has 5 heteroatoms. The number of nitrogen functional groups attached to an aromatic ring is 1. The Morgan fingerprint density at radius 3 is 2.69 bits per heavy atom. The normalized spacial score (nSPS) is 10.0. The summed E-state index contributed by atoms with van der Waals surface area (Å²) in [6.07, 6.45) is 1.54. The molecule has 2 rings (SSSR count). The van der Waals surface area contributed by atoms with Crippen molar-refractivity contribution in [3.05, 3.63) is 47.8 Å². The third-order valence-corrected chi connectivity index (χ3v) is 2.18. The second-order valence-corrected chi connectivity index (χ2v) is 3.39. The third-order valence-electron chi connectivity index (χ3n) is 2.18. The van der Waals surface area contributed by atoms with Crippen molar-refractivity contribution < 1.29 is 4.79 Å². The Labute approximate surface area is 92.7 Å². The molecular weight excluding hydrogens is 204 g/mol. The first-order valence-electron chi connectivity index (χ1n) is 4.88. The van der Waals surface area contributed by atoms with E-state index in [9.17, 15) is 4.79 Å². The van der Waals surface area contributed by atoms with E-state index in [2.05, 4.69) is 15.5 Å². The Balaban J connectivity index is 1.93. The molecule has 0 radical (unpaired) electrons.